The monoisotopic (exact) mass is 368 g/mol. The number of carbonyl (C=O) groups is 2. The molecule has 0 spiro atoms. The molecule has 0 N–H and O–H groups in total. The molecule has 24 heavy (non-hydrogen) atoms. The Morgan fingerprint density at radius 2 is 1.67 bits per heavy atom. The number of hydrogen-bond donors (Lipinski definition) is 0. The maximum Gasteiger partial charge on any atom is 0.341 e. The van der Waals surface area contributed by atoms with Crippen molar-refractivity contribution >= 4 is 35.0 Å². The summed E-state index contributed by atoms with van der Waals surface area (Å²) in [6.07, 6.45) is 0. The van der Waals surface area contributed by atoms with E-state index in [4.69, 9.17) is 37.4 Å². The fraction of sp³-hybridized carbons (Fsp3) is 0.176. The molecule has 0 aliphatic carbocycles. The van der Waals surface area contributed by atoms with E-state index >= 15 is 0 Å². The van der Waals surface area contributed by atoms with E-state index in [1.807, 2.05) is 0 Å². The molecule has 2 aromatic rings. The van der Waals surface area contributed by atoms with Gasteiger partial charge in [0.2, 0.25) is 5.78 Å². The number of esters is 1. The van der Waals surface area contributed by atoms with E-state index in [2.05, 4.69) is 0 Å². The number of Topliss-reactive ketones (excluding diaryl/α,β-unsaturated/α-hetero) is 1. The first-order valence-electron chi connectivity index (χ1n) is 6.84. The van der Waals surface area contributed by atoms with Gasteiger partial charge in [0.1, 0.15) is 11.5 Å². The summed E-state index contributed by atoms with van der Waals surface area (Å²) in [5.74, 6) is -0.379. The Kier molecular flexibility index (Phi) is 6.06. The summed E-state index contributed by atoms with van der Waals surface area (Å²) in [4.78, 5) is 24.4. The van der Waals surface area contributed by atoms with Gasteiger partial charge in [-0.1, -0.05) is 29.3 Å². The van der Waals surface area contributed by atoms with Crippen molar-refractivity contribution in [2.24, 2.45) is 0 Å². The van der Waals surface area contributed by atoms with Crippen LogP contribution in [0.5, 0.6) is 11.5 Å². The third kappa shape index (κ3) is 3.99. The number of rotatable bonds is 6. The van der Waals surface area contributed by atoms with E-state index in [-0.39, 0.29) is 21.2 Å². The van der Waals surface area contributed by atoms with Crippen molar-refractivity contribution < 1.29 is 23.8 Å². The van der Waals surface area contributed by atoms with Crippen LogP contribution in [-0.4, -0.2) is 32.6 Å². The van der Waals surface area contributed by atoms with Crippen molar-refractivity contribution in [3.63, 3.8) is 0 Å². The predicted octanol–water partition coefficient (Wildman–Crippen LogP) is 4.05. The number of halogens is 2. The minimum atomic E-state index is -0.777. The summed E-state index contributed by atoms with van der Waals surface area (Å²) >= 11 is 11.9. The van der Waals surface area contributed by atoms with Gasteiger partial charge in [-0.25, -0.2) is 4.79 Å². The lowest BCUT2D eigenvalue weighted by Crippen LogP contribution is -2.15. The Hall–Kier alpha value is -2.24. The van der Waals surface area contributed by atoms with Crippen molar-refractivity contribution in [3.05, 3.63) is 57.6 Å². The van der Waals surface area contributed by atoms with Crippen LogP contribution in [0.25, 0.3) is 0 Å². The van der Waals surface area contributed by atoms with Gasteiger partial charge in [0, 0.05) is 0 Å². The molecule has 0 fully saturated rings. The van der Waals surface area contributed by atoms with E-state index in [0.717, 1.165) is 0 Å². The molecule has 2 rings (SSSR count). The Morgan fingerprint density at radius 1 is 1.00 bits per heavy atom. The molecule has 0 aliphatic heterocycles. The van der Waals surface area contributed by atoms with Crippen molar-refractivity contribution in [2.75, 3.05) is 20.8 Å². The number of benzene rings is 2. The molecule has 0 radical (unpaired) electrons. The van der Waals surface area contributed by atoms with E-state index in [9.17, 15) is 9.59 Å². The largest absolute Gasteiger partial charge is 0.497 e. The highest BCUT2D eigenvalue weighted by atomic mass is 35.5. The molecule has 0 unspecified atom stereocenters. The molecule has 0 saturated heterocycles. The molecule has 0 amide bonds. The van der Waals surface area contributed by atoms with Crippen LogP contribution < -0.4 is 9.47 Å². The second kappa shape index (κ2) is 8.04. The Morgan fingerprint density at radius 3 is 2.25 bits per heavy atom. The number of methoxy groups -OCH3 is 2. The molecule has 5 nitrogen and oxygen atoms in total. The second-order valence-corrected chi connectivity index (χ2v) is 5.48. The van der Waals surface area contributed by atoms with Gasteiger partial charge < -0.3 is 14.2 Å². The van der Waals surface area contributed by atoms with E-state index in [1.54, 1.807) is 18.2 Å². The zero-order valence-corrected chi connectivity index (χ0v) is 14.5. The molecule has 0 saturated carbocycles. The maximum atomic E-state index is 12.3. The zero-order valence-electron chi connectivity index (χ0n) is 13.0. The van der Waals surface area contributed by atoms with Gasteiger partial charge in [0.15, 0.2) is 6.61 Å². The molecule has 126 valence electrons. The molecular formula is C17H14Cl2O5. The molecule has 7 heteroatoms. The zero-order chi connectivity index (χ0) is 17.7. The minimum Gasteiger partial charge on any atom is -0.497 e. The predicted molar refractivity (Wildman–Crippen MR) is 90.6 cm³/mol. The first-order valence-corrected chi connectivity index (χ1v) is 7.60. The quantitative estimate of drug-likeness (QED) is 0.568. The van der Waals surface area contributed by atoms with Gasteiger partial charge in [0.25, 0.3) is 0 Å². The van der Waals surface area contributed by atoms with Crippen molar-refractivity contribution in [3.8, 4) is 11.5 Å². The second-order valence-electron chi connectivity index (χ2n) is 4.66. The Bertz CT molecular complexity index is 753. The summed E-state index contributed by atoms with van der Waals surface area (Å²) in [6, 6.07) is 9.39. The Balaban J connectivity index is 2.15. The summed E-state index contributed by atoms with van der Waals surface area (Å²) < 4.78 is 15.2. The molecule has 0 heterocycles. The molecule has 0 aromatic heterocycles. The molecule has 2 aromatic carbocycles. The van der Waals surface area contributed by atoms with Crippen LogP contribution in [0.15, 0.2) is 36.4 Å². The standard InChI is InChI=1S/C17H14Cl2O5/c1-22-10-6-7-15(23-2)11(8-10)14(20)9-24-17(21)16-12(18)4-3-5-13(16)19/h3-8H,9H2,1-2H3. The van der Waals surface area contributed by atoms with Crippen LogP contribution >= 0.6 is 23.2 Å². The fourth-order valence-electron chi connectivity index (χ4n) is 2.01. The first kappa shape index (κ1) is 18.1. The van der Waals surface area contributed by atoms with Gasteiger partial charge in [-0.2, -0.15) is 0 Å². The van der Waals surface area contributed by atoms with Gasteiger partial charge in [-0.3, -0.25) is 4.79 Å². The normalized spacial score (nSPS) is 10.2. The van der Waals surface area contributed by atoms with Crippen LogP contribution in [0.2, 0.25) is 10.0 Å². The van der Waals surface area contributed by atoms with Crippen LogP contribution in [0.3, 0.4) is 0 Å². The molecule has 0 atom stereocenters. The van der Waals surface area contributed by atoms with Crippen molar-refractivity contribution in [1.29, 1.82) is 0 Å². The van der Waals surface area contributed by atoms with Crippen LogP contribution in [0.1, 0.15) is 20.7 Å². The highest BCUT2D eigenvalue weighted by Crippen LogP contribution is 2.26. The van der Waals surface area contributed by atoms with Crippen molar-refractivity contribution in [1.82, 2.24) is 0 Å². The lowest BCUT2D eigenvalue weighted by atomic mass is 10.1. The van der Waals surface area contributed by atoms with Gasteiger partial charge in [-0.05, 0) is 30.3 Å². The van der Waals surface area contributed by atoms with Crippen LogP contribution in [0.4, 0.5) is 0 Å². The topological polar surface area (TPSA) is 61.8 Å². The van der Waals surface area contributed by atoms with E-state index in [0.29, 0.717) is 11.5 Å². The average Bonchev–Trinajstić information content (AvgIpc) is 2.58. The van der Waals surface area contributed by atoms with Gasteiger partial charge in [0.05, 0.1) is 35.4 Å². The molecule has 0 bridgehead atoms. The highest BCUT2D eigenvalue weighted by Gasteiger charge is 2.19. The number of ketones is 1. The summed E-state index contributed by atoms with van der Waals surface area (Å²) in [6.45, 7) is -0.482. The summed E-state index contributed by atoms with van der Waals surface area (Å²) in [5.41, 5.74) is 0.265. The van der Waals surface area contributed by atoms with E-state index in [1.165, 1.54) is 32.4 Å². The summed E-state index contributed by atoms with van der Waals surface area (Å²) in [7, 11) is 2.92. The third-order valence-corrected chi connectivity index (χ3v) is 3.84. The highest BCUT2D eigenvalue weighted by molar-refractivity contribution is 6.39. The molecular weight excluding hydrogens is 355 g/mol. The third-order valence-electron chi connectivity index (χ3n) is 3.21. The average molecular weight is 369 g/mol. The van der Waals surface area contributed by atoms with Crippen molar-refractivity contribution in [2.45, 2.75) is 0 Å². The Labute approximate surface area is 149 Å². The van der Waals surface area contributed by atoms with Crippen LogP contribution in [0, 0.1) is 0 Å². The fourth-order valence-corrected chi connectivity index (χ4v) is 2.56. The first-order chi connectivity index (χ1) is 11.5. The van der Waals surface area contributed by atoms with Crippen LogP contribution in [-0.2, 0) is 4.74 Å². The maximum absolute atomic E-state index is 12.3. The van der Waals surface area contributed by atoms with Gasteiger partial charge in [-0.15, -0.1) is 0 Å². The minimum absolute atomic E-state index is 0.0197. The lowest BCUT2D eigenvalue weighted by molar-refractivity contribution is 0.0474. The number of carbonyl (C=O) groups excluding carboxylic acids is 2. The SMILES string of the molecule is COc1ccc(OC)c(C(=O)COC(=O)c2c(Cl)cccc2Cl)c1. The van der Waals surface area contributed by atoms with Gasteiger partial charge >= 0.3 is 5.97 Å². The number of hydrogen-bond acceptors (Lipinski definition) is 5. The number of ether oxygens (including phenoxy) is 3. The smallest absolute Gasteiger partial charge is 0.341 e. The summed E-state index contributed by atoms with van der Waals surface area (Å²) in [5, 5.41) is 0.304. The molecule has 0 aliphatic rings. The van der Waals surface area contributed by atoms with E-state index < -0.39 is 18.4 Å². The lowest BCUT2D eigenvalue weighted by Gasteiger charge is -2.11.